The molecule has 2 aromatic carbocycles. The van der Waals surface area contributed by atoms with Crippen LogP contribution in [0.15, 0.2) is 47.0 Å². The van der Waals surface area contributed by atoms with Crippen LogP contribution in [0.2, 0.25) is 0 Å². The van der Waals surface area contributed by atoms with Gasteiger partial charge in [0.2, 0.25) is 11.8 Å². The first kappa shape index (κ1) is 34.3. The molecule has 2 unspecified atom stereocenters. The molecule has 0 bridgehead atoms. The zero-order valence-electron chi connectivity index (χ0n) is 25.9. The summed E-state index contributed by atoms with van der Waals surface area (Å²) in [5.41, 5.74) is 3.40. The first-order chi connectivity index (χ1) is 20.9. The number of methoxy groups -OCH3 is 1. The highest BCUT2D eigenvalue weighted by Crippen LogP contribution is 2.26. The Labute approximate surface area is 261 Å². The van der Waals surface area contributed by atoms with E-state index in [1.54, 1.807) is 39.0 Å². The molecule has 0 spiro atoms. The van der Waals surface area contributed by atoms with E-state index in [9.17, 15) is 24.3 Å². The van der Waals surface area contributed by atoms with Gasteiger partial charge in [0.15, 0.2) is 11.6 Å². The molecule has 1 heterocycles. The first-order valence-corrected chi connectivity index (χ1v) is 15.5. The monoisotopic (exact) mass is 624 g/mol. The van der Waals surface area contributed by atoms with Crippen molar-refractivity contribution in [3.8, 4) is 17.2 Å². The molecule has 0 radical (unpaired) electrons. The zero-order valence-corrected chi connectivity index (χ0v) is 26.7. The molecule has 0 aliphatic carbocycles. The molecule has 2 amide bonds. The minimum Gasteiger partial charge on any atom is -0.496 e. The second-order valence-electron chi connectivity index (χ2n) is 11.2. The summed E-state index contributed by atoms with van der Waals surface area (Å²) in [7, 11) is 1.48. The number of ether oxygens (including phenoxy) is 1. The number of rotatable bonds is 16. The number of hydrogen-bond donors (Lipinski definition) is 3. The number of nitrogens with one attached hydrogen (secondary N) is 2. The number of ketones is 1. The van der Waals surface area contributed by atoms with E-state index >= 15 is 0 Å². The molecule has 0 aliphatic heterocycles. The first-order valence-electron chi connectivity index (χ1n) is 14.4. The van der Waals surface area contributed by atoms with Gasteiger partial charge in [0.05, 0.1) is 31.7 Å². The average molecular weight is 625 g/mol. The van der Waals surface area contributed by atoms with E-state index in [1.165, 1.54) is 24.4 Å². The number of hydrogen-bond acceptors (Lipinski definition) is 9. The number of benzene rings is 2. The SMILES string of the molecule is COc1ccc(-c2nc(C)no2)cc1CC(=O)NC(C(=O)NC(CC(=O)O)C(=O)CSCc1cccc(C(C)C)c1)C(C)C. The molecule has 236 valence electrons. The van der Waals surface area contributed by atoms with Crippen LogP contribution < -0.4 is 15.4 Å². The number of aromatic nitrogens is 2. The van der Waals surface area contributed by atoms with Crippen LogP contribution in [0, 0.1) is 12.8 Å². The lowest BCUT2D eigenvalue weighted by atomic mass is 10.0. The lowest BCUT2D eigenvalue weighted by molar-refractivity contribution is -0.140. The standard InChI is InChI=1S/C32H40N4O7S/c1-18(2)22-9-7-8-21(12-22)16-44-17-26(37)25(15-29(39)40)34-31(41)30(19(3)4)35-28(38)14-24-13-23(10-11-27(24)42-6)32-33-20(5)36-43-32/h7-13,18-19,25,30H,14-17H2,1-6H3,(H,34,41)(H,35,38)(H,39,40). The third kappa shape index (κ3) is 9.94. The van der Waals surface area contributed by atoms with Crippen molar-refractivity contribution in [3.63, 3.8) is 0 Å². The van der Waals surface area contributed by atoms with Crippen molar-refractivity contribution in [2.75, 3.05) is 12.9 Å². The number of amides is 2. The largest absolute Gasteiger partial charge is 0.496 e. The van der Waals surface area contributed by atoms with Crippen molar-refractivity contribution >= 4 is 35.3 Å². The number of aryl methyl sites for hydroxylation is 1. The van der Waals surface area contributed by atoms with Gasteiger partial charge in [-0.1, -0.05) is 57.1 Å². The van der Waals surface area contributed by atoms with Crippen LogP contribution in [0.3, 0.4) is 0 Å². The Bertz CT molecular complexity index is 1470. The van der Waals surface area contributed by atoms with Crippen LogP contribution in [-0.4, -0.2) is 63.8 Å². The summed E-state index contributed by atoms with van der Waals surface area (Å²) in [6, 6.07) is 11.0. The molecular formula is C32H40N4O7S. The van der Waals surface area contributed by atoms with E-state index in [0.717, 1.165) is 5.56 Å². The zero-order chi connectivity index (χ0) is 32.4. The maximum atomic E-state index is 13.3. The number of carboxylic acid groups (broad SMARTS) is 1. The molecule has 0 fully saturated rings. The molecule has 1 aromatic heterocycles. The molecule has 44 heavy (non-hydrogen) atoms. The maximum Gasteiger partial charge on any atom is 0.305 e. The Kier molecular flexibility index (Phi) is 12.5. The minimum absolute atomic E-state index is 0.0263. The van der Waals surface area contributed by atoms with E-state index in [0.29, 0.717) is 40.3 Å². The number of aliphatic carboxylic acids is 1. The number of thioether (sulfide) groups is 1. The van der Waals surface area contributed by atoms with Gasteiger partial charge in [-0.05, 0) is 48.1 Å². The predicted octanol–water partition coefficient (Wildman–Crippen LogP) is 4.32. The predicted molar refractivity (Wildman–Crippen MR) is 167 cm³/mol. The molecule has 2 atom stereocenters. The van der Waals surface area contributed by atoms with Gasteiger partial charge in [-0.25, -0.2) is 0 Å². The Hall–Kier alpha value is -4.19. The van der Waals surface area contributed by atoms with Crippen LogP contribution in [0.4, 0.5) is 0 Å². The highest BCUT2D eigenvalue weighted by molar-refractivity contribution is 7.99. The Morgan fingerprint density at radius 3 is 2.41 bits per heavy atom. The highest BCUT2D eigenvalue weighted by Gasteiger charge is 2.30. The normalized spacial score (nSPS) is 12.5. The quantitative estimate of drug-likeness (QED) is 0.209. The van der Waals surface area contributed by atoms with Gasteiger partial charge in [-0.15, -0.1) is 11.8 Å². The van der Waals surface area contributed by atoms with Crippen LogP contribution in [0.25, 0.3) is 11.5 Å². The topological polar surface area (TPSA) is 161 Å². The van der Waals surface area contributed by atoms with Gasteiger partial charge in [0, 0.05) is 16.9 Å². The maximum absolute atomic E-state index is 13.3. The van der Waals surface area contributed by atoms with E-state index in [4.69, 9.17) is 9.26 Å². The van der Waals surface area contributed by atoms with Gasteiger partial charge in [-0.3, -0.25) is 19.2 Å². The fourth-order valence-corrected chi connectivity index (χ4v) is 5.41. The van der Waals surface area contributed by atoms with Gasteiger partial charge in [-0.2, -0.15) is 4.98 Å². The number of Topliss-reactive ketones (excluding diaryl/α,β-unsaturated/α-hetero) is 1. The van der Waals surface area contributed by atoms with E-state index in [1.807, 2.05) is 12.1 Å². The summed E-state index contributed by atoms with van der Waals surface area (Å²) in [6.07, 6.45) is -0.682. The number of carbonyl (C=O) groups is 4. The highest BCUT2D eigenvalue weighted by atomic mass is 32.2. The summed E-state index contributed by atoms with van der Waals surface area (Å²) in [5.74, 6) is -0.870. The summed E-state index contributed by atoms with van der Waals surface area (Å²) in [4.78, 5) is 55.2. The van der Waals surface area contributed by atoms with Crippen LogP contribution in [0.1, 0.15) is 62.5 Å². The van der Waals surface area contributed by atoms with E-state index in [2.05, 4.69) is 46.8 Å². The number of carboxylic acids is 1. The number of nitrogens with zero attached hydrogens (tertiary/aromatic N) is 2. The average Bonchev–Trinajstić information content (AvgIpc) is 3.41. The summed E-state index contributed by atoms with van der Waals surface area (Å²) in [6.45, 7) is 9.41. The van der Waals surface area contributed by atoms with Crippen molar-refractivity contribution in [2.45, 2.75) is 71.2 Å². The molecule has 11 nitrogen and oxygen atoms in total. The van der Waals surface area contributed by atoms with Gasteiger partial charge in [0.1, 0.15) is 11.8 Å². The van der Waals surface area contributed by atoms with Crippen molar-refractivity contribution in [3.05, 3.63) is 65.0 Å². The Morgan fingerprint density at radius 1 is 1.05 bits per heavy atom. The molecule has 12 heteroatoms. The summed E-state index contributed by atoms with van der Waals surface area (Å²) < 4.78 is 10.6. The van der Waals surface area contributed by atoms with Crippen LogP contribution >= 0.6 is 11.8 Å². The van der Waals surface area contributed by atoms with Crippen molar-refractivity contribution in [1.82, 2.24) is 20.8 Å². The van der Waals surface area contributed by atoms with Crippen LogP contribution in [-0.2, 0) is 31.4 Å². The molecule has 0 aliphatic rings. The molecule has 0 saturated carbocycles. The lowest BCUT2D eigenvalue weighted by Gasteiger charge is -2.25. The Balaban J connectivity index is 1.65. The Morgan fingerprint density at radius 2 is 1.80 bits per heavy atom. The smallest absolute Gasteiger partial charge is 0.305 e. The fourth-order valence-electron chi connectivity index (χ4n) is 4.49. The van der Waals surface area contributed by atoms with Gasteiger partial charge in [0.25, 0.3) is 5.89 Å². The summed E-state index contributed by atoms with van der Waals surface area (Å²) >= 11 is 1.36. The third-order valence-corrected chi connectivity index (χ3v) is 7.91. The second kappa shape index (κ2) is 16.0. The minimum atomic E-state index is -1.23. The van der Waals surface area contributed by atoms with Gasteiger partial charge < -0.3 is 25.0 Å². The fraction of sp³-hybridized carbons (Fsp3) is 0.438. The molecule has 3 rings (SSSR count). The van der Waals surface area contributed by atoms with E-state index < -0.39 is 42.1 Å². The summed E-state index contributed by atoms with van der Waals surface area (Å²) in [5, 5.41) is 18.5. The van der Waals surface area contributed by atoms with Crippen molar-refractivity contribution in [2.24, 2.45) is 5.92 Å². The van der Waals surface area contributed by atoms with Crippen molar-refractivity contribution < 1.29 is 33.5 Å². The third-order valence-electron chi connectivity index (χ3n) is 6.89. The molecule has 3 N–H and O–H groups in total. The second-order valence-corrected chi connectivity index (χ2v) is 12.1. The van der Waals surface area contributed by atoms with Gasteiger partial charge >= 0.3 is 5.97 Å². The molecular weight excluding hydrogens is 584 g/mol. The van der Waals surface area contributed by atoms with E-state index in [-0.39, 0.29) is 18.1 Å². The number of carbonyl (C=O) groups excluding carboxylic acids is 3. The van der Waals surface area contributed by atoms with Crippen LogP contribution in [0.5, 0.6) is 5.75 Å². The van der Waals surface area contributed by atoms with Crippen molar-refractivity contribution in [1.29, 1.82) is 0 Å². The molecule has 0 saturated heterocycles. The lowest BCUT2D eigenvalue weighted by Crippen LogP contribution is -2.54. The molecule has 3 aromatic rings.